The van der Waals surface area contributed by atoms with Crippen LogP contribution >= 0.6 is 0 Å². The Bertz CT molecular complexity index is 2370. The van der Waals surface area contributed by atoms with E-state index in [1.54, 1.807) is 0 Å². The Labute approximate surface area is 329 Å². The van der Waals surface area contributed by atoms with Crippen molar-refractivity contribution in [1.82, 2.24) is 19.3 Å². The van der Waals surface area contributed by atoms with Gasteiger partial charge in [-0.2, -0.15) is 11.2 Å². The molecule has 0 amide bonds. The molecule has 3 aromatic heterocycles. The van der Waals surface area contributed by atoms with Crippen molar-refractivity contribution >= 4 is 21.8 Å². The van der Waals surface area contributed by atoms with E-state index >= 15 is 0 Å². The molecule has 0 spiro atoms. The number of aryl methyl sites for hydroxylation is 4. The Hall–Kier alpha value is -4.50. The summed E-state index contributed by atoms with van der Waals surface area (Å²) in [4.78, 5) is 4.83. The van der Waals surface area contributed by atoms with Gasteiger partial charge >= 0.3 is 20.4 Å². The van der Waals surface area contributed by atoms with Crippen LogP contribution in [0.2, 0.25) is 0 Å². The van der Waals surface area contributed by atoms with E-state index in [1.807, 2.05) is 12.3 Å². The van der Waals surface area contributed by atoms with Crippen molar-refractivity contribution in [3.05, 3.63) is 131 Å². The fourth-order valence-electron chi connectivity index (χ4n) is 7.53. The second kappa shape index (κ2) is 15.9. The SMILES string of the molecule is CCCc1ccnc(-n2c3[c-]c(Oc4[c-]c(-n5nc(CCC)c(-c6c(C)cccc6C)c5CCC)cc(C(C)(C)C)c4)ccc3c3ccccc32)c1.[Pd+2]. The number of ether oxygens (including phenoxy) is 1. The van der Waals surface area contributed by atoms with Crippen LogP contribution in [0, 0.1) is 26.0 Å². The van der Waals surface area contributed by atoms with E-state index in [9.17, 15) is 0 Å². The zero-order valence-corrected chi connectivity index (χ0v) is 33.9. The topological polar surface area (TPSA) is 44.9 Å². The van der Waals surface area contributed by atoms with Crippen LogP contribution in [-0.2, 0) is 45.1 Å². The van der Waals surface area contributed by atoms with Gasteiger partial charge in [-0.15, -0.1) is 41.3 Å². The summed E-state index contributed by atoms with van der Waals surface area (Å²) in [6.45, 7) is 17.8. The summed E-state index contributed by atoms with van der Waals surface area (Å²) in [6.07, 6.45) is 7.86. The maximum atomic E-state index is 6.75. The number of aromatic nitrogens is 4. The molecule has 0 radical (unpaired) electrons. The number of nitrogens with zero attached hydrogens (tertiary/aromatic N) is 4. The molecule has 0 aliphatic rings. The quantitative estimate of drug-likeness (QED) is 0.0968. The Kier molecular flexibility index (Phi) is 11.4. The standard InChI is InChI=1S/C47H50N4O.Pd/c1-9-15-33-24-25-48-44(26-33)50-41-21-13-12-20-38(41)39-23-22-36(30-43(39)50)52-37-28-34(47(6,7)8)27-35(29-37)51-42(17-11-3)46(40(49-51)16-10-2)45-31(4)18-14-19-32(45)5;/h12-14,18-28H,9-11,15-17H2,1-8H3;/q-2;+2. The maximum absolute atomic E-state index is 6.75. The molecule has 0 N–H and O–H groups in total. The van der Waals surface area contributed by atoms with E-state index in [0.717, 1.165) is 83.1 Å². The van der Waals surface area contributed by atoms with Crippen LogP contribution < -0.4 is 4.74 Å². The second-order valence-corrected chi connectivity index (χ2v) is 15.1. The van der Waals surface area contributed by atoms with Gasteiger partial charge in [0.1, 0.15) is 5.82 Å². The van der Waals surface area contributed by atoms with Crippen LogP contribution in [0.3, 0.4) is 0 Å². The van der Waals surface area contributed by atoms with Crippen molar-refractivity contribution in [3.8, 4) is 34.1 Å². The van der Waals surface area contributed by atoms with E-state index in [0.29, 0.717) is 11.5 Å². The van der Waals surface area contributed by atoms with Gasteiger partial charge in [-0.05, 0) is 90.1 Å². The molecule has 7 rings (SSSR count). The minimum absolute atomic E-state index is 0. The van der Waals surface area contributed by atoms with Gasteiger partial charge in [-0.1, -0.05) is 103 Å². The Morgan fingerprint density at radius 2 is 1.45 bits per heavy atom. The number of benzene rings is 4. The third kappa shape index (κ3) is 7.50. The molecular formula is C47H50N4OPd. The maximum Gasteiger partial charge on any atom is 2.00 e. The molecule has 4 aromatic carbocycles. The third-order valence-corrected chi connectivity index (χ3v) is 10.0. The average Bonchev–Trinajstić information content (AvgIpc) is 3.63. The molecule has 0 saturated carbocycles. The van der Waals surface area contributed by atoms with Crippen LogP contribution in [0.15, 0.2) is 85.1 Å². The zero-order chi connectivity index (χ0) is 36.6. The zero-order valence-electron chi connectivity index (χ0n) is 32.3. The molecule has 0 aliphatic heterocycles. The molecule has 0 saturated heterocycles. The minimum Gasteiger partial charge on any atom is -0.509 e. The van der Waals surface area contributed by atoms with Crippen LogP contribution in [0.4, 0.5) is 0 Å². The summed E-state index contributed by atoms with van der Waals surface area (Å²) >= 11 is 0. The fourth-order valence-corrected chi connectivity index (χ4v) is 7.53. The monoisotopic (exact) mass is 792 g/mol. The summed E-state index contributed by atoms with van der Waals surface area (Å²) < 4.78 is 11.1. The molecule has 0 unspecified atom stereocenters. The minimum atomic E-state index is -0.128. The van der Waals surface area contributed by atoms with E-state index in [1.165, 1.54) is 33.5 Å². The molecule has 0 fully saturated rings. The van der Waals surface area contributed by atoms with Gasteiger partial charge in [0, 0.05) is 34.5 Å². The van der Waals surface area contributed by atoms with Crippen molar-refractivity contribution < 1.29 is 25.2 Å². The normalized spacial score (nSPS) is 11.7. The molecule has 5 nitrogen and oxygen atoms in total. The molecular weight excluding hydrogens is 743 g/mol. The van der Waals surface area contributed by atoms with Crippen molar-refractivity contribution in [2.45, 2.75) is 99.3 Å². The van der Waals surface area contributed by atoms with Crippen molar-refractivity contribution in [1.29, 1.82) is 0 Å². The number of hydrogen-bond acceptors (Lipinski definition) is 3. The van der Waals surface area contributed by atoms with Gasteiger partial charge in [0.05, 0.1) is 5.69 Å². The molecule has 0 aliphatic carbocycles. The average molecular weight is 793 g/mol. The van der Waals surface area contributed by atoms with Crippen LogP contribution in [-0.4, -0.2) is 19.3 Å². The van der Waals surface area contributed by atoms with Crippen molar-refractivity contribution in [3.63, 3.8) is 0 Å². The predicted octanol–water partition coefficient (Wildman–Crippen LogP) is 12.2. The van der Waals surface area contributed by atoms with E-state index < -0.39 is 0 Å². The predicted molar refractivity (Wildman–Crippen MR) is 215 cm³/mol. The summed E-state index contributed by atoms with van der Waals surface area (Å²) in [7, 11) is 0. The van der Waals surface area contributed by atoms with E-state index in [4.69, 9.17) is 14.8 Å². The van der Waals surface area contributed by atoms with Crippen molar-refractivity contribution in [2.75, 3.05) is 0 Å². The molecule has 0 atom stereocenters. The largest absolute Gasteiger partial charge is 2.00 e. The Morgan fingerprint density at radius 1 is 0.717 bits per heavy atom. The molecule has 7 aromatic rings. The first-order chi connectivity index (χ1) is 25.1. The first kappa shape index (κ1) is 38.2. The van der Waals surface area contributed by atoms with Gasteiger partial charge in [-0.25, -0.2) is 4.98 Å². The van der Waals surface area contributed by atoms with Gasteiger partial charge in [0.2, 0.25) is 0 Å². The summed E-state index contributed by atoms with van der Waals surface area (Å²) in [5.41, 5.74) is 12.7. The van der Waals surface area contributed by atoms with Gasteiger partial charge in [-0.3, -0.25) is 4.68 Å². The summed E-state index contributed by atoms with van der Waals surface area (Å²) in [6, 6.07) is 35.2. The number of rotatable bonds is 11. The van der Waals surface area contributed by atoms with Crippen LogP contribution in [0.25, 0.3) is 44.4 Å². The fraction of sp³-hybridized carbons (Fsp3) is 0.319. The first-order valence-corrected chi connectivity index (χ1v) is 18.9. The number of pyridine rings is 1. The molecule has 6 heteroatoms. The van der Waals surface area contributed by atoms with Gasteiger partial charge in [0.25, 0.3) is 0 Å². The third-order valence-electron chi connectivity index (χ3n) is 10.0. The van der Waals surface area contributed by atoms with E-state index in [2.05, 4.69) is 150 Å². The first-order valence-electron chi connectivity index (χ1n) is 18.9. The van der Waals surface area contributed by atoms with Gasteiger partial charge in [0.15, 0.2) is 0 Å². The molecule has 53 heavy (non-hydrogen) atoms. The van der Waals surface area contributed by atoms with Crippen molar-refractivity contribution in [2.24, 2.45) is 0 Å². The molecule has 0 bridgehead atoms. The smallest absolute Gasteiger partial charge is 0.509 e. The van der Waals surface area contributed by atoms with E-state index in [-0.39, 0.29) is 25.8 Å². The van der Waals surface area contributed by atoms with Crippen LogP contribution in [0.5, 0.6) is 11.5 Å². The number of para-hydroxylation sites is 1. The number of fused-ring (bicyclic) bond motifs is 3. The molecule has 3 heterocycles. The summed E-state index contributed by atoms with van der Waals surface area (Å²) in [5.74, 6) is 2.16. The van der Waals surface area contributed by atoms with Crippen LogP contribution in [0.1, 0.15) is 94.4 Å². The van der Waals surface area contributed by atoms with Gasteiger partial charge < -0.3 is 9.30 Å². The Morgan fingerprint density at radius 3 is 2.17 bits per heavy atom. The Balaban J connectivity index is 0.00000481. The molecule has 274 valence electrons. The second-order valence-electron chi connectivity index (χ2n) is 15.1. The number of hydrogen-bond donors (Lipinski definition) is 0. The summed E-state index contributed by atoms with van der Waals surface area (Å²) in [5, 5.41) is 7.64.